The highest BCUT2D eigenvalue weighted by molar-refractivity contribution is 5.81. The lowest BCUT2D eigenvalue weighted by atomic mass is 9.95. The summed E-state index contributed by atoms with van der Waals surface area (Å²) < 4.78 is 38.6. The summed E-state index contributed by atoms with van der Waals surface area (Å²) in [5.41, 5.74) is 4.81. The van der Waals surface area contributed by atoms with Gasteiger partial charge in [0.25, 0.3) is 0 Å². The summed E-state index contributed by atoms with van der Waals surface area (Å²) in [6, 6.07) is 1.08. The van der Waals surface area contributed by atoms with Gasteiger partial charge >= 0.3 is 0 Å². The molecule has 0 heterocycles. The van der Waals surface area contributed by atoms with Gasteiger partial charge in [0.2, 0.25) is 5.91 Å². The lowest BCUT2D eigenvalue weighted by Crippen LogP contribution is -2.22. The van der Waals surface area contributed by atoms with Crippen LogP contribution in [0.3, 0.4) is 0 Å². The van der Waals surface area contributed by atoms with Crippen molar-refractivity contribution in [2.45, 2.75) is 19.3 Å². The molecule has 0 aliphatic heterocycles. The third-order valence-electron chi connectivity index (χ3n) is 2.17. The summed E-state index contributed by atoms with van der Waals surface area (Å²) in [6.07, 6.45) is 0.233. The van der Waals surface area contributed by atoms with Crippen LogP contribution < -0.4 is 5.73 Å². The molecule has 15 heavy (non-hydrogen) atoms. The summed E-state index contributed by atoms with van der Waals surface area (Å²) in [7, 11) is 0. The molecule has 0 saturated carbocycles. The first-order valence-electron chi connectivity index (χ1n) is 4.41. The van der Waals surface area contributed by atoms with E-state index in [1.165, 1.54) is 0 Å². The van der Waals surface area contributed by atoms with E-state index in [2.05, 4.69) is 0 Å². The molecule has 1 atom stereocenters. The Bertz CT molecular complexity index is 392. The van der Waals surface area contributed by atoms with Crippen molar-refractivity contribution in [3.63, 3.8) is 0 Å². The van der Waals surface area contributed by atoms with Gasteiger partial charge in [-0.1, -0.05) is 6.92 Å². The van der Waals surface area contributed by atoms with Gasteiger partial charge in [0.1, 0.15) is 5.82 Å². The summed E-state index contributed by atoms with van der Waals surface area (Å²) in [5, 5.41) is 0. The zero-order chi connectivity index (χ0) is 11.6. The van der Waals surface area contributed by atoms with Gasteiger partial charge in [-0.25, -0.2) is 13.2 Å². The van der Waals surface area contributed by atoms with Crippen LogP contribution in [-0.4, -0.2) is 5.91 Å². The number of hydrogen-bond acceptors (Lipinski definition) is 1. The first-order valence-corrected chi connectivity index (χ1v) is 4.41. The fourth-order valence-corrected chi connectivity index (χ4v) is 1.38. The smallest absolute Gasteiger partial charge is 0.225 e. The maximum absolute atomic E-state index is 13.2. The van der Waals surface area contributed by atoms with Crippen molar-refractivity contribution in [1.29, 1.82) is 0 Å². The Kier molecular flexibility index (Phi) is 3.34. The maximum Gasteiger partial charge on any atom is 0.225 e. The van der Waals surface area contributed by atoms with Crippen LogP contribution in [0.15, 0.2) is 12.1 Å². The Labute approximate surface area is 84.9 Å². The Balaban J connectivity index is 3.24. The molecule has 0 bridgehead atoms. The first-order chi connectivity index (χ1) is 6.97. The zero-order valence-electron chi connectivity index (χ0n) is 8.06. The molecule has 0 fully saturated rings. The average molecular weight is 217 g/mol. The molecule has 0 aromatic heterocycles. The van der Waals surface area contributed by atoms with Crippen LogP contribution in [0.4, 0.5) is 13.2 Å². The van der Waals surface area contributed by atoms with Crippen LogP contribution in [-0.2, 0) is 4.79 Å². The van der Waals surface area contributed by atoms with Gasteiger partial charge < -0.3 is 5.73 Å². The number of rotatable bonds is 3. The zero-order valence-corrected chi connectivity index (χ0v) is 8.06. The Morgan fingerprint density at radius 1 is 1.27 bits per heavy atom. The van der Waals surface area contributed by atoms with Crippen molar-refractivity contribution in [3.8, 4) is 0 Å². The lowest BCUT2D eigenvalue weighted by Gasteiger charge is -2.12. The molecular weight excluding hydrogens is 207 g/mol. The maximum atomic E-state index is 13.2. The lowest BCUT2D eigenvalue weighted by molar-refractivity contribution is -0.119. The fourth-order valence-electron chi connectivity index (χ4n) is 1.38. The second-order valence-corrected chi connectivity index (χ2v) is 3.15. The van der Waals surface area contributed by atoms with E-state index in [-0.39, 0.29) is 12.0 Å². The van der Waals surface area contributed by atoms with Crippen LogP contribution in [0.25, 0.3) is 0 Å². The molecule has 0 radical (unpaired) electrons. The van der Waals surface area contributed by atoms with E-state index in [1.807, 2.05) is 0 Å². The molecule has 0 saturated heterocycles. The van der Waals surface area contributed by atoms with Crippen LogP contribution in [0, 0.1) is 17.5 Å². The van der Waals surface area contributed by atoms with Crippen molar-refractivity contribution in [2.75, 3.05) is 0 Å². The number of hydrogen-bond donors (Lipinski definition) is 1. The van der Waals surface area contributed by atoms with E-state index in [1.54, 1.807) is 6.92 Å². The van der Waals surface area contributed by atoms with E-state index >= 15 is 0 Å². The average Bonchev–Trinajstić information content (AvgIpc) is 2.14. The van der Waals surface area contributed by atoms with E-state index in [0.717, 1.165) is 0 Å². The second-order valence-electron chi connectivity index (χ2n) is 3.15. The van der Waals surface area contributed by atoms with E-state index in [4.69, 9.17) is 5.73 Å². The van der Waals surface area contributed by atoms with Gasteiger partial charge in [0.15, 0.2) is 11.6 Å². The van der Waals surface area contributed by atoms with Gasteiger partial charge in [0, 0.05) is 11.6 Å². The fraction of sp³-hybridized carbons (Fsp3) is 0.300. The Hall–Kier alpha value is -1.52. The third-order valence-corrected chi connectivity index (χ3v) is 2.17. The van der Waals surface area contributed by atoms with Crippen molar-refractivity contribution in [1.82, 2.24) is 0 Å². The van der Waals surface area contributed by atoms with E-state index in [0.29, 0.717) is 12.1 Å². The van der Waals surface area contributed by atoms with Crippen molar-refractivity contribution in [2.24, 2.45) is 5.73 Å². The third kappa shape index (κ3) is 2.29. The standard InChI is InChI=1S/C10H10F3NO/c1-2-5(10(14)15)6-3-8(12)9(13)4-7(6)11/h3-5H,2H2,1H3,(H2,14,15). The molecule has 2 N–H and O–H groups in total. The monoisotopic (exact) mass is 217 g/mol. The molecule has 0 aliphatic rings. The summed E-state index contributed by atoms with van der Waals surface area (Å²) in [5.74, 6) is -5.12. The minimum Gasteiger partial charge on any atom is -0.369 e. The molecule has 0 spiro atoms. The highest BCUT2D eigenvalue weighted by atomic mass is 19.2. The van der Waals surface area contributed by atoms with Crippen LogP contribution in [0.5, 0.6) is 0 Å². The number of carbonyl (C=O) groups excluding carboxylic acids is 1. The quantitative estimate of drug-likeness (QED) is 0.774. The van der Waals surface area contributed by atoms with Gasteiger partial charge in [0.05, 0.1) is 5.92 Å². The first kappa shape index (κ1) is 11.6. The minimum atomic E-state index is -1.28. The van der Waals surface area contributed by atoms with Gasteiger partial charge in [-0.05, 0) is 12.5 Å². The minimum absolute atomic E-state index is 0.205. The molecule has 1 amide bonds. The molecule has 1 unspecified atom stereocenters. The molecule has 1 aromatic rings. The Morgan fingerprint density at radius 2 is 1.80 bits per heavy atom. The largest absolute Gasteiger partial charge is 0.369 e. The summed E-state index contributed by atoms with van der Waals surface area (Å²) in [6.45, 7) is 1.61. The van der Waals surface area contributed by atoms with Gasteiger partial charge in [-0.3, -0.25) is 4.79 Å². The molecular formula is C10H10F3NO. The SMILES string of the molecule is CCC(C(N)=O)c1cc(F)c(F)cc1F. The number of benzene rings is 1. The Morgan fingerprint density at radius 3 is 2.27 bits per heavy atom. The van der Waals surface area contributed by atoms with Crippen molar-refractivity contribution >= 4 is 5.91 Å². The van der Waals surface area contributed by atoms with Crippen molar-refractivity contribution in [3.05, 3.63) is 35.1 Å². The summed E-state index contributed by atoms with van der Waals surface area (Å²) >= 11 is 0. The highest BCUT2D eigenvalue weighted by Crippen LogP contribution is 2.24. The highest BCUT2D eigenvalue weighted by Gasteiger charge is 2.21. The number of amides is 1. The molecule has 1 rings (SSSR count). The van der Waals surface area contributed by atoms with Crippen LogP contribution in [0.1, 0.15) is 24.8 Å². The molecule has 82 valence electrons. The number of halogens is 3. The predicted molar refractivity (Wildman–Crippen MR) is 48.5 cm³/mol. The number of primary amides is 1. The number of carbonyl (C=O) groups is 1. The van der Waals surface area contributed by atoms with E-state index in [9.17, 15) is 18.0 Å². The summed E-state index contributed by atoms with van der Waals surface area (Å²) in [4.78, 5) is 10.9. The predicted octanol–water partition coefficient (Wildman–Crippen LogP) is 2.08. The normalized spacial score (nSPS) is 12.5. The topological polar surface area (TPSA) is 43.1 Å². The molecule has 0 aliphatic carbocycles. The molecule has 1 aromatic carbocycles. The van der Waals surface area contributed by atoms with Crippen LogP contribution in [0.2, 0.25) is 0 Å². The second kappa shape index (κ2) is 4.33. The van der Waals surface area contributed by atoms with Gasteiger partial charge in [-0.2, -0.15) is 0 Å². The molecule has 2 nitrogen and oxygen atoms in total. The van der Waals surface area contributed by atoms with Crippen LogP contribution >= 0.6 is 0 Å². The van der Waals surface area contributed by atoms with E-state index < -0.39 is 29.3 Å². The molecule has 5 heteroatoms. The van der Waals surface area contributed by atoms with Crippen molar-refractivity contribution < 1.29 is 18.0 Å². The van der Waals surface area contributed by atoms with Gasteiger partial charge in [-0.15, -0.1) is 0 Å². The number of nitrogens with two attached hydrogens (primary N) is 1.